The summed E-state index contributed by atoms with van der Waals surface area (Å²) in [5, 5.41) is 11.2. The zero-order valence-corrected chi connectivity index (χ0v) is 16.8. The van der Waals surface area contributed by atoms with Crippen molar-refractivity contribution in [3.8, 4) is 0 Å². The summed E-state index contributed by atoms with van der Waals surface area (Å²) in [6.45, 7) is 6.32. The second-order valence-electron chi connectivity index (χ2n) is 5.88. The number of carbonyl (C=O) groups is 1. The number of thioether (sulfide) groups is 1. The lowest BCUT2D eigenvalue weighted by atomic mass is 10.3. The van der Waals surface area contributed by atoms with E-state index >= 15 is 0 Å². The number of nitrogens with zero attached hydrogens (tertiary/aromatic N) is 4. The Kier molecular flexibility index (Phi) is 6.79. The van der Waals surface area contributed by atoms with Crippen LogP contribution in [0.1, 0.15) is 20.8 Å². The molecule has 0 fully saturated rings. The lowest BCUT2D eigenvalue weighted by Crippen LogP contribution is -2.33. The van der Waals surface area contributed by atoms with Gasteiger partial charge in [-0.2, -0.15) is 4.31 Å². The van der Waals surface area contributed by atoms with Gasteiger partial charge in [0.2, 0.25) is 15.9 Å². The van der Waals surface area contributed by atoms with Gasteiger partial charge in [0.25, 0.3) is 0 Å². The molecule has 0 unspecified atom stereocenters. The fourth-order valence-corrected chi connectivity index (χ4v) is 4.20. The molecule has 0 aliphatic carbocycles. The number of hydrogen-bond acceptors (Lipinski definition) is 6. The maximum absolute atomic E-state index is 12.4. The molecule has 10 heteroatoms. The van der Waals surface area contributed by atoms with Crippen molar-refractivity contribution < 1.29 is 13.2 Å². The number of benzene rings is 1. The Balaban J connectivity index is 1.97. The molecule has 26 heavy (non-hydrogen) atoms. The summed E-state index contributed by atoms with van der Waals surface area (Å²) in [6.07, 6.45) is 1.62. The molecule has 0 aliphatic heterocycles. The molecule has 0 atom stereocenters. The first-order valence-electron chi connectivity index (χ1n) is 8.14. The first kappa shape index (κ1) is 20.4. The topological polar surface area (TPSA) is 97.2 Å². The number of carbonyl (C=O) groups excluding carboxylic acids is 1. The van der Waals surface area contributed by atoms with Crippen LogP contribution in [0, 0.1) is 0 Å². The molecule has 0 saturated heterocycles. The number of rotatable bonds is 8. The van der Waals surface area contributed by atoms with Gasteiger partial charge in [-0.3, -0.25) is 4.79 Å². The molecule has 2 rings (SSSR count). The van der Waals surface area contributed by atoms with Crippen molar-refractivity contribution in [3.63, 3.8) is 0 Å². The molecule has 1 heterocycles. The number of sulfonamides is 1. The van der Waals surface area contributed by atoms with Gasteiger partial charge < -0.3 is 9.88 Å². The first-order valence-corrected chi connectivity index (χ1v) is 10.6. The van der Waals surface area contributed by atoms with Gasteiger partial charge in [-0.05, 0) is 45.0 Å². The molecule has 1 amide bonds. The molecular weight excluding hydrogens is 374 g/mol. The second-order valence-corrected chi connectivity index (χ2v) is 8.82. The highest BCUT2D eigenvalue weighted by molar-refractivity contribution is 7.99. The first-order chi connectivity index (χ1) is 12.3. The van der Waals surface area contributed by atoms with Crippen molar-refractivity contribution in [3.05, 3.63) is 30.6 Å². The molecule has 142 valence electrons. The van der Waals surface area contributed by atoms with Crippen molar-refractivity contribution in [1.82, 2.24) is 19.1 Å². The SMILES string of the molecule is CCn1cnnc1SCC(=O)Nc1ccc(S(=O)(=O)N(C)C(C)C)cc1. The number of hydrogen-bond donors (Lipinski definition) is 1. The number of aromatic nitrogens is 3. The van der Waals surface area contributed by atoms with Crippen LogP contribution in [0.5, 0.6) is 0 Å². The molecule has 1 aromatic heterocycles. The van der Waals surface area contributed by atoms with Gasteiger partial charge in [0.15, 0.2) is 5.16 Å². The molecule has 1 N–H and O–H groups in total. The molecule has 0 bridgehead atoms. The number of amides is 1. The van der Waals surface area contributed by atoms with Crippen LogP contribution in [0.15, 0.2) is 40.6 Å². The molecule has 8 nitrogen and oxygen atoms in total. The number of anilines is 1. The van der Waals surface area contributed by atoms with E-state index in [9.17, 15) is 13.2 Å². The van der Waals surface area contributed by atoms with Crippen molar-refractivity contribution in [2.24, 2.45) is 0 Å². The summed E-state index contributed by atoms with van der Waals surface area (Å²) >= 11 is 1.29. The van der Waals surface area contributed by atoms with Gasteiger partial charge in [-0.15, -0.1) is 10.2 Å². The highest BCUT2D eigenvalue weighted by Crippen LogP contribution is 2.20. The zero-order valence-electron chi connectivity index (χ0n) is 15.2. The third-order valence-electron chi connectivity index (χ3n) is 3.80. The lowest BCUT2D eigenvalue weighted by molar-refractivity contribution is -0.113. The number of aryl methyl sites for hydroxylation is 1. The smallest absolute Gasteiger partial charge is 0.243 e. The van der Waals surface area contributed by atoms with E-state index in [1.807, 2.05) is 25.3 Å². The fraction of sp³-hybridized carbons (Fsp3) is 0.438. The van der Waals surface area contributed by atoms with Gasteiger partial charge in [0.05, 0.1) is 10.6 Å². The Morgan fingerprint density at radius 1 is 1.31 bits per heavy atom. The average Bonchev–Trinajstić information content (AvgIpc) is 3.07. The van der Waals surface area contributed by atoms with E-state index in [1.165, 1.54) is 28.2 Å². The summed E-state index contributed by atoms with van der Waals surface area (Å²) in [5.41, 5.74) is 0.540. The third kappa shape index (κ3) is 4.83. The maximum atomic E-state index is 12.4. The summed E-state index contributed by atoms with van der Waals surface area (Å²) in [7, 11) is -1.99. The van der Waals surface area contributed by atoms with E-state index in [0.717, 1.165) is 6.54 Å². The van der Waals surface area contributed by atoms with Crippen LogP contribution in [-0.4, -0.2) is 52.2 Å². The predicted octanol–water partition coefficient (Wildman–Crippen LogP) is 2.06. The van der Waals surface area contributed by atoms with Crippen molar-refractivity contribution >= 4 is 33.4 Å². The summed E-state index contributed by atoms with van der Waals surface area (Å²) in [6, 6.07) is 6.01. The van der Waals surface area contributed by atoms with Crippen molar-refractivity contribution in [1.29, 1.82) is 0 Å². The third-order valence-corrected chi connectivity index (χ3v) is 6.82. The lowest BCUT2D eigenvalue weighted by Gasteiger charge is -2.21. The van der Waals surface area contributed by atoms with Crippen LogP contribution in [0.3, 0.4) is 0 Å². The van der Waals surface area contributed by atoms with Gasteiger partial charge >= 0.3 is 0 Å². The summed E-state index contributed by atoms with van der Waals surface area (Å²) < 4.78 is 28.0. The highest BCUT2D eigenvalue weighted by Gasteiger charge is 2.22. The molecule has 0 spiro atoms. The predicted molar refractivity (Wildman–Crippen MR) is 102 cm³/mol. The Labute approximate surface area is 158 Å². The molecule has 0 radical (unpaired) electrons. The van der Waals surface area contributed by atoms with E-state index in [0.29, 0.717) is 10.8 Å². The highest BCUT2D eigenvalue weighted by atomic mass is 32.2. The largest absolute Gasteiger partial charge is 0.325 e. The fourth-order valence-electron chi connectivity index (χ4n) is 2.05. The van der Waals surface area contributed by atoms with Crippen molar-refractivity contribution in [2.75, 3.05) is 18.1 Å². The van der Waals surface area contributed by atoms with E-state index in [-0.39, 0.29) is 22.6 Å². The molecule has 2 aromatic rings. The van der Waals surface area contributed by atoms with Crippen LogP contribution in [0.25, 0.3) is 0 Å². The Bertz CT molecular complexity index is 847. The van der Waals surface area contributed by atoms with Gasteiger partial charge in [0, 0.05) is 25.3 Å². The van der Waals surface area contributed by atoms with Crippen LogP contribution < -0.4 is 5.32 Å². The monoisotopic (exact) mass is 397 g/mol. The normalized spacial score (nSPS) is 11.9. The van der Waals surface area contributed by atoms with E-state index in [1.54, 1.807) is 25.5 Å². The molecule has 0 aliphatic rings. The van der Waals surface area contributed by atoms with E-state index in [2.05, 4.69) is 15.5 Å². The minimum Gasteiger partial charge on any atom is -0.325 e. The standard InChI is InChI=1S/C16H23N5O3S2/c1-5-21-11-17-19-16(21)25-10-15(22)18-13-6-8-14(9-7-13)26(23,24)20(4)12(2)3/h6-9,11-12H,5,10H2,1-4H3,(H,18,22). The Morgan fingerprint density at radius 2 is 1.96 bits per heavy atom. The quantitative estimate of drug-likeness (QED) is 0.685. The van der Waals surface area contributed by atoms with Crippen LogP contribution in [-0.2, 0) is 21.4 Å². The van der Waals surface area contributed by atoms with E-state index in [4.69, 9.17) is 0 Å². The second kappa shape index (κ2) is 8.65. The average molecular weight is 398 g/mol. The molecule has 1 aromatic carbocycles. The minimum atomic E-state index is -3.53. The molecular formula is C16H23N5O3S2. The van der Waals surface area contributed by atoms with Gasteiger partial charge in [0.1, 0.15) is 6.33 Å². The van der Waals surface area contributed by atoms with Gasteiger partial charge in [-0.1, -0.05) is 11.8 Å². The minimum absolute atomic E-state index is 0.137. The number of nitrogens with one attached hydrogen (secondary N) is 1. The summed E-state index contributed by atoms with van der Waals surface area (Å²) in [5.74, 6) is -0.00924. The maximum Gasteiger partial charge on any atom is 0.243 e. The van der Waals surface area contributed by atoms with Crippen molar-refractivity contribution in [2.45, 2.75) is 43.4 Å². The Morgan fingerprint density at radius 3 is 2.54 bits per heavy atom. The Hall–Kier alpha value is -1.91. The van der Waals surface area contributed by atoms with Gasteiger partial charge in [-0.25, -0.2) is 8.42 Å². The van der Waals surface area contributed by atoms with Crippen LogP contribution in [0.4, 0.5) is 5.69 Å². The van der Waals surface area contributed by atoms with E-state index < -0.39 is 10.0 Å². The molecule has 0 saturated carbocycles. The summed E-state index contributed by atoms with van der Waals surface area (Å²) in [4.78, 5) is 12.3. The van der Waals surface area contributed by atoms with Crippen LogP contribution >= 0.6 is 11.8 Å². The zero-order chi connectivity index (χ0) is 19.3. The van der Waals surface area contributed by atoms with Crippen LogP contribution in [0.2, 0.25) is 0 Å².